The lowest BCUT2D eigenvalue weighted by Crippen LogP contribution is -2.15. The molecular formula is C36H32N2O2S. The van der Waals surface area contributed by atoms with E-state index in [1.807, 2.05) is 30.3 Å². The number of hydrogen-bond donors (Lipinski definition) is 0. The van der Waals surface area contributed by atoms with Crippen LogP contribution in [0.15, 0.2) is 89.3 Å². The Bertz CT molecular complexity index is 1980. The molecule has 0 aliphatic carbocycles. The molecular weight excluding hydrogens is 524 g/mol. The number of thiophene rings is 1. The summed E-state index contributed by atoms with van der Waals surface area (Å²) in [6.45, 7) is 13.2. The van der Waals surface area contributed by atoms with E-state index in [1.54, 1.807) is 11.3 Å². The molecule has 0 amide bonds. The van der Waals surface area contributed by atoms with Gasteiger partial charge in [-0.25, -0.2) is 9.97 Å². The quantitative estimate of drug-likeness (QED) is 0.216. The summed E-state index contributed by atoms with van der Waals surface area (Å²) in [6, 6.07) is 29.2. The van der Waals surface area contributed by atoms with Gasteiger partial charge in [-0.15, -0.1) is 11.3 Å². The molecule has 0 unspecified atom stereocenters. The number of furan rings is 1. The van der Waals surface area contributed by atoms with Gasteiger partial charge >= 0.3 is 0 Å². The van der Waals surface area contributed by atoms with Crippen LogP contribution in [0, 0.1) is 0 Å². The van der Waals surface area contributed by atoms with Crippen molar-refractivity contribution in [2.75, 3.05) is 0 Å². The van der Waals surface area contributed by atoms with Crippen molar-refractivity contribution in [1.29, 1.82) is 0 Å². The zero-order valence-electron chi connectivity index (χ0n) is 24.2. The predicted octanol–water partition coefficient (Wildman–Crippen LogP) is 10.7. The lowest BCUT2D eigenvalue weighted by molar-refractivity contribution is 0.421. The molecule has 0 aliphatic rings. The van der Waals surface area contributed by atoms with E-state index in [1.165, 1.54) is 20.2 Å². The number of benzene rings is 3. The Morgan fingerprint density at radius 3 is 2.17 bits per heavy atom. The minimum absolute atomic E-state index is 0.107. The first-order valence-corrected chi connectivity index (χ1v) is 14.8. The number of aromatic nitrogens is 2. The van der Waals surface area contributed by atoms with Gasteiger partial charge in [0.25, 0.3) is 0 Å². The van der Waals surface area contributed by atoms with Crippen molar-refractivity contribution in [2.24, 2.45) is 0 Å². The fourth-order valence-corrected chi connectivity index (χ4v) is 6.58. The lowest BCUT2D eigenvalue weighted by atomic mass is 9.86. The second kappa shape index (κ2) is 9.15. The predicted molar refractivity (Wildman–Crippen MR) is 171 cm³/mol. The Morgan fingerprint density at radius 2 is 1.41 bits per heavy atom. The number of rotatable bonds is 4. The molecule has 4 aromatic heterocycles. The van der Waals surface area contributed by atoms with Gasteiger partial charge in [-0.2, -0.15) is 0 Å². The first-order chi connectivity index (χ1) is 19.5. The van der Waals surface area contributed by atoms with Crippen molar-refractivity contribution in [2.45, 2.75) is 52.4 Å². The smallest absolute Gasteiger partial charge is 0.225 e. The molecule has 4 heterocycles. The van der Waals surface area contributed by atoms with Gasteiger partial charge in [-0.1, -0.05) is 84.0 Å². The number of hydrogen-bond acceptors (Lipinski definition) is 5. The zero-order valence-corrected chi connectivity index (χ0v) is 25.0. The Kier molecular flexibility index (Phi) is 5.74. The second-order valence-electron chi connectivity index (χ2n) is 12.8. The van der Waals surface area contributed by atoms with E-state index in [-0.39, 0.29) is 10.8 Å². The molecule has 0 saturated carbocycles. The summed E-state index contributed by atoms with van der Waals surface area (Å²) in [4.78, 5) is 10.1. The van der Waals surface area contributed by atoms with Crippen LogP contribution in [0.5, 0.6) is 11.8 Å². The van der Waals surface area contributed by atoms with Gasteiger partial charge in [-0.3, -0.25) is 0 Å². The van der Waals surface area contributed by atoms with E-state index < -0.39 is 0 Å². The average Bonchev–Trinajstić information content (AvgIpc) is 3.51. The molecule has 4 nitrogen and oxygen atoms in total. The Balaban J connectivity index is 1.38. The highest BCUT2D eigenvalue weighted by molar-refractivity contribution is 7.26. The highest BCUT2D eigenvalue weighted by atomic mass is 32.1. The zero-order chi connectivity index (χ0) is 28.5. The first-order valence-electron chi connectivity index (χ1n) is 14.0. The molecule has 5 heteroatoms. The summed E-state index contributed by atoms with van der Waals surface area (Å²) in [5.41, 5.74) is 7.51. The average molecular weight is 557 g/mol. The molecule has 0 radical (unpaired) electrons. The van der Waals surface area contributed by atoms with Crippen molar-refractivity contribution in [1.82, 2.24) is 9.97 Å². The molecule has 0 spiro atoms. The summed E-state index contributed by atoms with van der Waals surface area (Å²) in [5.74, 6) is 1.11. The molecule has 0 atom stereocenters. The van der Waals surface area contributed by atoms with Gasteiger partial charge in [0.2, 0.25) is 11.8 Å². The Morgan fingerprint density at radius 1 is 0.634 bits per heavy atom. The first kappa shape index (κ1) is 25.7. The van der Waals surface area contributed by atoms with Gasteiger partial charge in [-0.05, 0) is 52.8 Å². The fraction of sp³-hybridized carbons (Fsp3) is 0.222. The van der Waals surface area contributed by atoms with Crippen molar-refractivity contribution >= 4 is 42.7 Å². The molecule has 204 valence electrons. The maximum Gasteiger partial charge on any atom is 0.225 e. The van der Waals surface area contributed by atoms with Crippen LogP contribution >= 0.6 is 11.3 Å². The Labute approximate surface area is 244 Å². The van der Waals surface area contributed by atoms with Crippen LogP contribution in [0.1, 0.15) is 52.7 Å². The van der Waals surface area contributed by atoms with Crippen LogP contribution in [-0.2, 0) is 10.8 Å². The summed E-state index contributed by atoms with van der Waals surface area (Å²) < 4.78 is 15.4. The molecule has 7 rings (SSSR count). The van der Waals surface area contributed by atoms with Crippen molar-refractivity contribution in [3.8, 4) is 34.3 Å². The fourth-order valence-electron chi connectivity index (χ4n) is 5.41. The van der Waals surface area contributed by atoms with Gasteiger partial charge in [0.15, 0.2) is 0 Å². The number of ether oxygens (including phenoxy) is 1. The highest BCUT2D eigenvalue weighted by Crippen LogP contribution is 2.45. The van der Waals surface area contributed by atoms with Crippen molar-refractivity contribution in [3.05, 3.63) is 96.1 Å². The molecule has 0 N–H and O–H groups in total. The van der Waals surface area contributed by atoms with E-state index in [2.05, 4.69) is 96.1 Å². The van der Waals surface area contributed by atoms with Gasteiger partial charge in [0.05, 0.1) is 11.4 Å². The van der Waals surface area contributed by atoms with Crippen molar-refractivity contribution < 1.29 is 9.15 Å². The monoisotopic (exact) mass is 556 g/mol. The molecule has 3 aromatic carbocycles. The summed E-state index contributed by atoms with van der Waals surface area (Å²) in [6.07, 6.45) is 0. The van der Waals surface area contributed by atoms with Gasteiger partial charge in [0.1, 0.15) is 11.2 Å². The van der Waals surface area contributed by atoms with E-state index in [0.29, 0.717) is 11.8 Å². The maximum absolute atomic E-state index is 6.63. The topological polar surface area (TPSA) is 48.2 Å². The third-order valence-electron chi connectivity index (χ3n) is 7.65. The van der Waals surface area contributed by atoms with Crippen LogP contribution in [0.2, 0.25) is 0 Å². The third kappa shape index (κ3) is 4.54. The molecule has 7 aromatic rings. The summed E-state index contributed by atoms with van der Waals surface area (Å²) in [5, 5.41) is 2.41. The van der Waals surface area contributed by atoms with Crippen LogP contribution in [0.4, 0.5) is 0 Å². The second-order valence-corrected chi connectivity index (χ2v) is 13.9. The summed E-state index contributed by atoms with van der Waals surface area (Å²) in [7, 11) is 0. The van der Waals surface area contributed by atoms with E-state index >= 15 is 0 Å². The molecule has 0 fully saturated rings. The van der Waals surface area contributed by atoms with E-state index in [4.69, 9.17) is 19.1 Å². The molecule has 0 bridgehead atoms. The largest absolute Gasteiger partial charge is 0.456 e. The number of nitrogens with zero attached hydrogens (tertiary/aromatic N) is 2. The van der Waals surface area contributed by atoms with E-state index in [9.17, 15) is 0 Å². The highest BCUT2D eigenvalue weighted by Gasteiger charge is 2.24. The van der Waals surface area contributed by atoms with Crippen LogP contribution in [-0.4, -0.2) is 9.97 Å². The van der Waals surface area contributed by atoms with Gasteiger partial charge in [0, 0.05) is 42.9 Å². The Hall–Kier alpha value is -4.22. The minimum atomic E-state index is -0.159. The molecule has 0 saturated heterocycles. The molecule has 0 aliphatic heterocycles. The SMILES string of the molecule is CC(C)(C)c1cc(Oc2nc(-c3ccccc3)ccc2C(C)(C)C)nc(-c2cc3oc4cccc5sc(c2)c3c45)c1. The standard InChI is InChI=1S/C36H32N2O2S/c1-35(2,3)23-19-26(22-17-28-33-30(18-22)41-29-14-10-13-27(39-28)32(29)33)37-31(20-23)40-34-24(36(4,5)6)15-16-25(38-34)21-11-8-7-9-12-21/h7-20H,1-6H3. The van der Waals surface area contributed by atoms with Crippen LogP contribution < -0.4 is 4.74 Å². The third-order valence-corrected chi connectivity index (χ3v) is 8.75. The van der Waals surface area contributed by atoms with Crippen LogP contribution in [0.25, 0.3) is 53.9 Å². The minimum Gasteiger partial charge on any atom is -0.456 e. The van der Waals surface area contributed by atoms with Crippen LogP contribution in [0.3, 0.4) is 0 Å². The van der Waals surface area contributed by atoms with E-state index in [0.717, 1.165) is 44.8 Å². The maximum atomic E-state index is 6.63. The van der Waals surface area contributed by atoms with Crippen molar-refractivity contribution in [3.63, 3.8) is 0 Å². The lowest BCUT2D eigenvalue weighted by Gasteiger charge is -2.24. The summed E-state index contributed by atoms with van der Waals surface area (Å²) >= 11 is 1.80. The molecule has 41 heavy (non-hydrogen) atoms. The van der Waals surface area contributed by atoms with Gasteiger partial charge < -0.3 is 9.15 Å². The normalized spacial score (nSPS) is 12.6. The number of pyridine rings is 2.